The maximum absolute atomic E-state index is 12.8. The fourth-order valence-electron chi connectivity index (χ4n) is 3.18. The van der Waals surface area contributed by atoms with Gasteiger partial charge in [0.05, 0.1) is 6.20 Å². The topological polar surface area (TPSA) is 84.2 Å². The summed E-state index contributed by atoms with van der Waals surface area (Å²) in [6, 6.07) is 22.9. The van der Waals surface area contributed by atoms with Crippen LogP contribution in [0, 0.1) is 13.8 Å². The molecule has 0 aliphatic heterocycles. The minimum Gasteiger partial charge on any atom is -0.361 e. The Kier molecular flexibility index (Phi) is 5.62. The van der Waals surface area contributed by atoms with E-state index in [1.807, 2.05) is 61.5 Å². The highest BCUT2D eigenvalue weighted by molar-refractivity contribution is 6.08. The van der Waals surface area contributed by atoms with E-state index in [2.05, 4.69) is 15.8 Å². The van der Waals surface area contributed by atoms with Crippen LogP contribution < -0.4 is 10.6 Å². The Bertz CT molecular complexity index is 1230. The van der Waals surface area contributed by atoms with Crippen molar-refractivity contribution in [3.05, 3.63) is 101 Å². The molecule has 3 aromatic carbocycles. The third kappa shape index (κ3) is 4.53. The average Bonchev–Trinajstić information content (AvgIpc) is 3.22. The molecule has 1 heterocycles. The number of nitrogens with one attached hydrogen (secondary N) is 2. The summed E-state index contributed by atoms with van der Waals surface area (Å²) in [5.41, 5.74) is 5.06. The second kappa shape index (κ2) is 8.67. The molecule has 0 bridgehead atoms. The van der Waals surface area contributed by atoms with Crippen molar-refractivity contribution in [1.29, 1.82) is 0 Å². The largest absolute Gasteiger partial charge is 0.361 e. The number of anilines is 2. The molecule has 4 rings (SSSR count). The molecule has 154 valence electrons. The van der Waals surface area contributed by atoms with Crippen molar-refractivity contribution in [2.45, 2.75) is 13.8 Å². The van der Waals surface area contributed by atoms with Crippen molar-refractivity contribution in [2.24, 2.45) is 0 Å². The van der Waals surface area contributed by atoms with Crippen molar-refractivity contribution in [3.63, 3.8) is 0 Å². The van der Waals surface area contributed by atoms with Crippen molar-refractivity contribution >= 4 is 23.2 Å². The number of hydrogen-bond acceptors (Lipinski definition) is 4. The summed E-state index contributed by atoms with van der Waals surface area (Å²) < 4.78 is 4.94. The summed E-state index contributed by atoms with van der Waals surface area (Å²) in [4.78, 5) is 25.2. The smallest absolute Gasteiger partial charge is 0.260 e. The first-order chi connectivity index (χ1) is 15.0. The van der Waals surface area contributed by atoms with E-state index in [-0.39, 0.29) is 11.8 Å². The summed E-state index contributed by atoms with van der Waals surface area (Å²) in [5, 5.41) is 9.34. The highest BCUT2D eigenvalue weighted by atomic mass is 16.5. The lowest BCUT2D eigenvalue weighted by atomic mass is 10.1. The van der Waals surface area contributed by atoms with E-state index in [9.17, 15) is 9.59 Å². The molecule has 4 aromatic rings. The molecule has 0 radical (unpaired) electrons. The number of carbonyl (C=O) groups excluding carboxylic acids is 2. The van der Waals surface area contributed by atoms with Crippen LogP contribution in [-0.2, 0) is 0 Å². The molecule has 0 atom stereocenters. The zero-order valence-corrected chi connectivity index (χ0v) is 17.2. The molecule has 1 aromatic heterocycles. The zero-order valence-electron chi connectivity index (χ0n) is 17.2. The van der Waals surface area contributed by atoms with Gasteiger partial charge in [-0.3, -0.25) is 9.59 Å². The Balaban J connectivity index is 1.48. The SMILES string of the molecule is Cc1ccc(C(=O)Nc2ccc(-c3ccccc3)cc2)cc1NC(=O)c1cnoc1C. The number of rotatable bonds is 5. The Morgan fingerprint density at radius 3 is 2.19 bits per heavy atom. The van der Waals surface area contributed by atoms with Crippen molar-refractivity contribution in [3.8, 4) is 11.1 Å². The molecule has 6 heteroatoms. The minimum atomic E-state index is -0.337. The number of aryl methyl sites for hydroxylation is 2. The first-order valence-electron chi connectivity index (χ1n) is 9.81. The molecule has 0 saturated carbocycles. The lowest BCUT2D eigenvalue weighted by molar-refractivity contribution is 0.101. The van der Waals surface area contributed by atoms with Crippen LogP contribution in [0.15, 0.2) is 83.5 Å². The molecule has 2 amide bonds. The molecule has 6 nitrogen and oxygen atoms in total. The molecule has 0 fully saturated rings. The van der Waals surface area contributed by atoms with Gasteiger partial charge in [-0.25, -0.2) is 0 Å². The first-order valence-corrected chi connectivity index (χ1v) is 9.81. The van der Waals surface area contributed by atoms with Crippen LogP contribution in [0.25, 0.3) is 11.1 Å². The van der Waals surface area contributed by atoms with Crippen LogP contribution >= 0.6 is 0 Å². The summed E-state index contributed by atoms with van der Waals surface area (Å²) in [7, 11) is 0. The van der Waals surface area contributed by atoms with Gasteiger partial charge in [0.1, 0.15) is 11.3 Å². The van der Waals surface area contributed by atoms with Crippen molar-refractivity contribution in [1.82, 2.24) is 5.16 Å². The van der Waals surface area contributed by atoms with Gasteiger partial charge < -0.3 is 15.2 Å². The van der Waals surface area contributed by atoms with Crippen LogP contribution in [0.1, 0.15) is 32.0 Å². The molecule has 0 aliphatic carbocycles. The molecular weight excluding hydrogens is 390 g/mol. The van der Waals surface area contributed by atoms with Crippen molar-refractivity contribution < 1.29 is 14.1 Å². The van der Waals surface area contributed by atoms with Gasteiger partial charge in [0.25, 0.3) is 11.8 Å². The molecule has 0 unspecified atom stereocenters. The van der Waals surface area contributed by atoms with Crippen LogP contribution in [0.5, 0.6) is 0 Å². The zero-order chi connectivity index (χ0) is 21.8. The summed E-state index contributed by atoms with van der Waals surface area (Å²) in [6.07, 6.45) is 1.37. The Morgan fingerprint density at radius 1 is 0.806 bits per heavy atom. The monoisotopic (exact) mass is 411 g/mol. The van der Waals surface area contributed by atoms with Gasteiger partial charge in [0, 0.05) is 16.9 Å². The highest BCUT2D eigenvalue weighted by Gasteiger charge is 2.15. The minimum absolute atomic E-state index is 0.260. The molecule has 31 heavy (non-hydrogen) atoms. The number of benzene rings is 3. The van der Waals surface area contributed by atoms with Gasteiger partial charge in [0.2, 0.25) is 0 Å². The predicted octanol–water partition coefficient (Wildman–Crippen LogP) is 5.46. The number of hydrogen-bond donors (Lipinski definition) is 2. The fraction of sp³-hybridized carbons (Fsp3) is 0.0800. The van der Waals surface area contributed by atoms with E-state index in [1.54, 1.807) is 25.1 Å². The maximum atomic E-state index is 12.8. The molecule has 2 N–H and O–H groups in total. The molecule has 0 aliphatic rings. The number of nitrogens with zero attached hydrogens (tertiary/aromatic N) is 1. The van der Waals surface area contributed by atoms with Gasteiger partial charge in [0.15, 0.2) is 0 Å². The van der Waals surface area contributed by atoms with Crippen LogP contribution in [0.2, 0.25) is 0 Å². The predicted molar refractivity (Wildman–Crippen MR) is 120 cm³/mol. The van der Waals surface area contributed by atoms with Gasteiger partial charge in [-0.15, -0.1) is 0 Å². The Morgan fingerprint density at radius 2 is 1.52 bits per heavy atom. The maximum Gasteiger partial charge on any atom is 0.260 e. The van der Waals surface area contributed by atoms with Crippen molar-refractivity contribution in [2.75, 3.05) is 10.6 Å². The first kappa shape index (κ1) is 20.1. The van der Waals surface area contributed by atoms with E-state index in [1.165, 1.54) is 6.20 Å². The van der Waals surface area contributed by atoms with Crippen LogP contribution in [0.3, 0.4) is 0 Å². The van der Waals surface area contributed by atoms with E-state index in [0.29, 0.717) is 28.3 Å². The summed E-state index contributed by atoms with van der Waals surface area (Å²) in [5.74, 6) is -0.164. The number of amides is 2. The molecular formula is C25H21N3O3. The fourth-order valence-corrected chi connectivity index (χ4v) is 3.18. The van der Waals surface area contributed by atoms with E-state index < -0.39 is 0 Å². The third-order valence-corrected chi connectivity index (χ3v) is 4.99. The summed E-state index contributed by atoms with van der Waals surface area (Å²) >= 11 is 0. The van der Waals surface area contributed by atoms with Crippen LogP contribution in [-0.4, -0.2) is 17.0 Å². The van der Waals surface area contributed by atoms with E-state index in [4.69, 9.17) is 4.52 Å². The standard InChI is InChI=1S/C25H21N3O3/c1-16-8-9-20(14-23(16)28-25(30)22-15-26-31-17(22)2)24(29)27-21-12-10-19(11-13-21)18-6-4-3-5-7-18/h3-15H,1-2H3,(H,27,29)(H,28,30). The van der Waals surface area contributed by atoms with Gasteiger partial charge in [-0.1, -0.05) is 53.7 Å². The average molecular weight is 411 g/mol. The normalized spacial score (nSPS) is 10.5. The Labute approximate surface area is 179 Å². The van der Waals surface area contributed by atoms with Crippen LogP contribution in [0.4, 0.5) is 11.4 Å². The van der Waals surface area contributed by atoms with Gasteiger partial charge >= 0.3 is 0 Å². The van der Waals surface area contributed by atoms with E-state index >= 15 is 0 Å². The van der Waals surface area contributed by atoms with E-state index in [0.717, 1.165) is 16.7 Å². The third-order valence-electron chi connectivity index (χ3n) is 4.99. The highest BCUT2D eigenvalue weighted by Crippen LogP contribution is 2.23. The molecule has 0 spiro atoms. The second-order valence-electron chi connectivity index (χ2n) is 7.18. The second-order valence-corrected chi connectivity index (χ2v) is 7.18. The van der Waals surface area contributed by atoms with Gasteiger partial charge in [-0.2, -0.15) is 0 Å². The van der Waals surface area contributed by atoms with Gasteiger partial charge in [-0.05, 0) is 54.8 Å². The molecule has 0 saturated heterocycles. The number of carbonyl (C=O) groups is 2. The lowest BCUT2D eigenvalue weighted by Gasteiger charge is -2.11. The lowest BCUT2D eigenvalue weighted by Crippen LogP contribution is -2.15. The number of aromatic nitrogens is 1. The quantitative estimate of drug-likeness (QED) is 0.456. The Hall–Kier alpha value is -4.19. The summed E-state index contributed by atoms with van der Waals surface area (Å²) in [6.45, 7) is 3.53.